The monoisotopic (exact) mass is 148 g/mol. The third-order valence-corrected chi connectivity index (χ3v) is 1.76. The fraction of sp³-hybridized carbons (Fsp3) is 0.273. The summed E-state index contributed by atoms with van der Waals surface area (Å²) in [6.45, 7) is 14.9. The van der Waals surface area contributed by atoms with Crippen molar-refractivity contribution in [3.05, 3.63) is 50.6 Å². The van der Waals surface area contributed by atoms with E-state index in [0.29, 0.717) is 11.8 Å². The molecule has 0 atom stereocenters. The quantitative estimate of drug-likeness (QED) is 0.507. The lowest BCUT2D eigenvalue weighted by Crippen LogP contribution is -1.99. The lowest BCUT2D eigenvalue weighted by Gasteiger charge is -2.10. The van der Waals surface area contributed by atoms with Crippen LogP contribution < -0.4 is 0 Å². The van der Waals surface area contributed by atoms with Crippen molar-refractivity contribution in [3.8, 4) is 0 Å². The second-order valence-electron chi connectivity index (χ2n) is 2.51. The van der Waals surface area contributed by atoms with Gasteiger partial charge >= 0.3 is 0 Å². The zero-order valence-corrected chi connectivity index (χ0v) is 7.00. The predicted molar refractivity (Wildman–Crippen MR) is 52.4 cm³/mol. The van der Waals surface area contributed by atoms with Gasteiger partial charge in [-0.2, -0.15) is 0 Å². The summed E-state index contributed by atoms with van der Waals surface area (Å²) >= 11 is 0. The average Bonchev–Trinajstić information content (AvgIpc) is 2.07. The second kappa shape index (κ2) is 5.72. The molecule has 0 saturated carbocycles. The van der Waals surface area contributed by atoms with Crippen LogP contribution in [0.1, 0.15) is 6.42 Å². The Labute approximate surface area is 69.6 Å². The van der Waals surface area contributed by atoms with Gasteiger partial charge in [-0.25, -0.2) is 0 Å². The summed E-state index contributed by atoms with van der Waals surface area (Å²) in [6.07, 6.45) is 8.57. The summed E-state index contributed by atoms with van der Waals surface area (Å²) in [5.41, 5.74) is 0. The molecule has 0 aromatic rings. The van der Waals surface area contributed by atoms with Crippen molar-refractivity contribution in [2.75, 3.05) is 0 Å². The molecule has 0 rings (SSSR count). The van der Waals surface area contributed by atoms with E-state index in [1.165, 1.54) is 0 Å². The van der Waals surface area contributed by atoms with E-state index < -0.39 is 0 Å². The molecule has 0 aromatic carbocycles. The van der Waals surface area contributed by atoms with E-state index >= 15 is 0 Å². The topological polar surface area (TPSA) is 0 Å². The number of hydrogen-bond acceptors (Lipinski definition) is 0. The zero-order chi connectivity index (χ0) is 8.69. The first kappa shape index (κ1) is 9.96. The van der Waals surface area contributed by atoms with Gasteiger partial charge in [0.1, 0.15) is 0 Å². The van der Waals surface area contributed by atoms with Crippen LogP contribution >= 0.6 is 0 Å². The smallest absolute Gasteiger partial charge is 0.00503 e. The lowest BCUT2D eigenvalue weighted by atomic mass is 9.95. The molecule has 0 N–H and O–H groups in total. The van der Waals surface area contributed by atoms with Crippen molar-refractivity contribution in [2.45, 2.75) is 6.42 Å². The molecule has 11 heavy (non-hydrogen) atoms. The van der Waals surface area contributed by atoms with Crippen LogP contribution in [0.25, 0.3) is 0 Å². The first-order chi connectivity index (χ1) is 5.28. The fourth-order valence-electron chi connectivity index (χ4n) is 0.892. The van der Waals surface area contributed by atoms with E-state index in [9.17, 15) is 0 Å². The molecule has 0 fully saturated rings. The molecule has 0 aliphatic rings. The highest BCUT2D eigenvalue weighted by molar-refractivity contribution is 5.00. The van der Waals surface area contributed by atoms with E-state index in [2.05, 4.69) is 26.3 Å². The second-order valence-corrected chi connectivity index (χ2v) is 2.51. The van der Waals surface area contributed by atoms with Crippen LogP contribution in [-0.4, -0.2) is 0 Å². The van der Waals surface area contributed by atoms with Crippen LogP contribution in [-0.2, 0) is 0 Å². The van der Waals surface area contributed by atoms with Crippen molar-refractivity contribution in [3.63, 3.8) is 0 Å². The maximum atomic E-state index is 3.71. The molecule has 0 aromatic heterocycles. The number of hydrogen-bond donors (Lipinski definition) is 0. The third-order valence-electron chi connectivity index (χ3n) is 1.76. The molecule has 0 radical (unpaired) electrons. The Morgan fingerprint density at radius 2 is 1.00 bits per heavy atom. The van der Waals surface area contributed by atoms with Crippen LogP contribution in [0.5, 0.6) is 0 Å². The Balaban J connectivity index is 3.95. The van der Waals surface area contributed by atoms with Gasteiger partial charge in [0.15, 0.2) is 0 Å². The van der Waals surface area contributed by atoms with E-state index in [0.717, 1.165) is 6.42 Å². The molecule has 60 valence electrons. The molecule has 0 spiro atoms. The molecule has 0 aliphatic carbocycles. The molecule has 0 nitrogen and oxygen atoms in total. The van der Waals surface area contributed by atoms with E-state index in [-0.39, 0.29) is 0 Å². The van der Waals surface area contributed by atoms with Gasteiger partial charge in [0.05, 0.1) is 0 Å². The zero-order valence-electron chi connectivity index (χ0n) is 7.00. The summed E-state index contributed by atoms with van der Waals surface area (Å²) in [5, 5.41) is 0. The fourth-order valence-corrected chi connectivity index (χ4v) is 0.892. The van der Waals surface area contributed by atoms with Gasteiger partial charge in [0.25, 0.3) is 0 Å². The Bertz CT molecular complexity index is 119. The van der Waals surface area contributed by atoms with Crippen LogP contribution in [0.3, 0.4) is 0 Å². The highest BCUT2D eigenvalue weighted by Gasteiger charge is 2.03. The number of allylic oxidation sites excluding steroid dienone is 4. The van der Waals surface area contributed by atoms with Gasteiger partial charge < -0.3 is 0 Å². The summed E-state index contributed by atoms with van der Waals surface area (Å²) in [7, 11) is 0. The minimum absolute atomic E-state index is 0.371. The minimum Gasteiger partial charge on any atom is -0.102 e. The van der Waals surface area contributed by atoms with Gasteiger partial charge in [-0.05, 0) is 18.3 Å². The molecule has 0 bridgehead atoms. The lowest BCUT2D eigenvalue weighted by molar-refractivity contribution is 0.629. The van der Waals surface area contributed by atoms with Crippen LogP contribution in [0.2, 0.25) is 0 Å². The van der Waals surface area contributed by atoms with E-state index in [1.54, 1.807) is 0 Å². The maximum Gasteiger partial charge on any atom is -0.00503 e. The average molecular weight is 148 g/mol. The Morgan fingerprint density at radius 3 is 1.18 bits per heavy atom. The van der Waals surface area contributed by atoms with Crippen molar-refractivity contribution < 1.29 is 0 Å². The van der Waals surface area contributed by atoms with Crippen molar-refractivity contribution >= 4 is 0 Å². The number of rotatable bonds is 6. The third kappa shape index (κ3) is 3.61. The van der Waals surface area contributed by atoms with Crippen LogP contribution in [0, 0.1) is 11.8 Å². The first-order valence-corrected chi connectivity index (χ1v) is 3.78. The van der Waals surface area contributed by atoms with Crippen LogP contribution in [0.4, 0.5) is 0 Å². The van der Waals surface area contributed by atoms with Gasteiger partial charge in [-0.1, -0.05) is 24.3 Å². The molecule has 0 saturated heterocycles. The van der Waals surface area contributed by atoms with Gasteiger partial charge in [-0.15, -0.1) is 26.3 Å². The molecule has 0 aliphatic heterocycles. The SMILES string of the molecule is C=CC(C=C)CC(C=C)C=C. The minimum atomic E-state index is 0.371. The van der Waals surface area contributed by atoms with Gasteiger partial charge in [0.2, 0.25) is 0 Å². The predicted octanol–water partition coefficient (Wildman–Crippen LogP) is 3.35. The maximum absolute atomic E-state index is 3.71. The summed E-state index contributed by atoms with van der Waals surface area (Å²) in [4.78, 5) is 0. The van der Waals surface area contributed by atoms with Crippen LogP contribution in [0.15, 0.2) is 50.6 Å². The molecule has 0 amide bonds. The highest BCUT2D eigenvalue weighted by Crippen LogP contribution is 2.15. The van der Waals surface area contributed by atoms with Crippen molar-refractivity contribution in [1.82, 2.24) is 0 Å². The standard InChI is InChI=1S/C11H16/c1-5-10(6-2)9-11(7-3)8-4/h5-8,10-11H,1-4,9H2. The van der Waals surface area contributed by atoms with Gasteiger partial charge in [0, 0.05) is 0 Å². The molecule has 0 heteroatoms. The highest BCUT2D eigenvalue weighted by atomic mass is 14.1. The normalized spacial score (nSPS) is 9.64. The first-order valence-electron chi connectivity index (χ1n) is 3.78. The Kier molecular flexibility index (Phi) is 5.18. The molecule has 0 unspecified atom stereocenters. The summed E-state index contributed by atoms with van der Waals surface area (Å²) < 4.78 is 0. The Morgan fingerprint density at radius 1 is 0.727 bits per heavy atom. The summed E-state index contributed by atoms with van der Waals surface area (Å²) in [6, 6.07) is 0. The van der Waals surface area contributed by atoms with E-state index in [1.807, 2.05) is 24.3 Å². The van der Waals surface area contributed by atoms with Crippen molar-refractivity contribution in [1.29, 1.82) is 0 Å². The summed E-state index contributed by atoms with van der Waals surface area (Å²) in [5.74, 6) is 0.743. The van der Waals surface area contributed by atoms with Crippen molar-refractivity contribution in [2.24, 2.45) is 11.8 Å². The van der Waals surface area contributed by atoms with Gasteiger partial charge in [-0.3, -0.25) is 0 Å². The Hall–Kier alpha value is -1.04. The molecular weight excluding hydrogens is 132 g/mol. The molecule has 0 heterocycles. The largest absolute Gasteiger partial charge is 0.102 e. The van der Waals surface area contributed by atoms with E-state index in [4.69, 9.17) is 0 Å². The molecular formula is C11H16.